The molecule has 1 aromatic heterocycles. The molecule has 2 amide bonds. The fourth-order valence-electron chi connectivity index (χ4n) is 1.63. The summed E-state index contributed by atoms with van der Waals surface area (Å²) < 4.78 is 2.72. The Hall–Kier alpha value is -1.89. The van der Waals surface area contributed by atoms with Crippen LogP contribution < -0.4 is 10.6 Å². The number of benzene rings is 1. The highest BCUT2D eigenvalue weighted by atomic mass is 79.9. The largest absolute Gasteiger partial charge is 0.341 e. The van der Waals surface area contributed by atoms with Gasteiger partial charge >= 0.3 is 6.03 Å². The third-order valence-corrected chi connectivity index (χ3v) is 3.10. The molecule has 0 saturated heterocycles. The van der Waals surface area contributed by atoms with Crippen molar-refractivity contribution in [3.8, 4) is 5.69 Å². The highest BCUT2D eigenvalue weighted by Gasteiger charge is 2.06. The molecular weight excluding hydrogens is 310 g/mol. The van der Waals surface area contributed by atoms with Gasteiger partial charge in [-0.1, -0.05) is 21.1 Å². The Morgan fingerprint density at radius 3 is 2.95 bits per heavy atom. The second kappa shape index (κ2) is 5.83. The molecule has 7 heteroatoms. The Balaban J connectivity index is 2.14. The third-order valence-electron chi connectivity index (χ3n) is 2.60. The number of nitrogens with one attached hydrogen (secondary N) is 2. The van der Waals surface area contributed by atoms with Crippen LogP contribution in [0.3, 0.4) is 0 Å². The molecule has 2 aromatic rings. The molecule has 0 spiro atoms. The van der Waals surface area contributed by atoms with Crippen LogP contribution in [0.5, 0.6) is 0 Å². The number of amides is 2. The minimum Gasteiger partial charge on any atom is -0.341 e. The topological polar surface area (TPSA) is 71.8 Å². The van der Waals surface area contributed by atoms with E-state index in [0.717, 1.165) is 15.7 Å². The molecule has 1 heterocycles. The van der Waals surface area contributed by atoms with Crippen LogP contribution in [0, 0.1) is 6.92 Å². The van der Waals surface area contributed by atoms with Gasteiger partial charge in [-0.25, -0.2) is 9.48 Å². The van der Waals surface area contributed by atoms with Crippen molar-refractivity contribution in [1.82, 2.24) is 25.6 Å². The fourth-order valence-corrected chi connectivity index (χ4v) is 2.11. The van der Waals surface area contributed by atoms with Gasteiger partial charge in [-0.2, -0.15) is 0 Å². The van der Waals surface area contributed by atoms with E-state index in [9.17, 15) is 4.79 Å². The second-order valence-electron chi connectivity index (χ2n) is 4.02. The average Bonchev–Trinajstić information content (AvgIpc) is 2.84. The standard InChI is InChI=1S/C12H14BrN5O/c1-8-5-9(13)3-4-11(8)18-7-10(16-17-18)6-15-12(19)14-2/h3-5,7H,6H2,1-2H3,(H2,14,15,19). The van der Waals surface area contributed by atoms with Crippen molar-refractivity contribution < 1.29 is 4.79 Å². The Kier molecular flexibility index (Phi) is 4.16. The number of aryl methyl sites for hydroxylation is 1. The molecular formula is C12H14BrN5O. The predicted octanol–water partition coefficient (Wildman–Crippen LogP) is 1.77. The van der Waals surface area contributed by atoms with Crippen molar-refractivity contribution in [3.63, 3.8) is 0 Å². The summed E-state index contributed by atoms with van der Waals surface area (Å²) in [7, 11) is 1.57. The molecule has 19 heavy (non-hydrogen) atoms. The first-order valence-electron chi connectivity index (χ1n) is 5.73. The monoisotopic (exact) mass is 323 g/mol. The fraction of sp³-hybridized carbons (Fsp3) is 0.250. The van der Waals surface area contributed by atoms with Crippen LogP contribution in [0.4, 0.5) is 4.79 Å². The minimum atomic E-state index is -0.241. The van der Waals surface area contributed by atoms with Gasteiger partial charge in [0.05, 0.1) is 18.4 Å². The number of aromatic nitrogens is 3. The molecule has 1 aromatic carbocycles. The summed E-state index contributed by atoms with van der Waals surface area (Å²) in [5.41, 5.74) is 2.75. The highest BCUT2D eigenvalue weighted by Crippen LogP contribution is 2.18. The van der Waals surface area contributed by atoms with E-state index in [4.69, 9.17) is 0 Å². The zero-order valence-corrected chi connectivity index (χ0v) is 12.2. The lowest BCUT2D eigenvalue weighted by Gasteiger charge is -2.04. The summed E-state index contributed by atoms with van der Waals surface area (Å²) in [6.45, 7) is 2.35. The van der Waals surface area contributed by atoms with E-state index in [1.54, 1.807) is 17.9 Å². The summed E-state index contributed by atoms with van der Waals surface area (Å²) in [5.74, 6) is 0. The number of carbonyl (C=O) groups is 1. The number of carbonyl (C=O) groups excluding carboxylic acids is 1. The van der Waals surface area contributed by atoms with Gasteiger partial charge in [-0.05, 0) is 30.7 Å². The summed E-state index contributed by atoms with van der Waals surface area (Å²) in [6, 6.07) is 5.69. The van der Waals surface area contributed by atoms with E-state index >= 15 is 0 Å². The molecule has 100 valence electrons. The molecule has 0 aliphatic carbocycles. The van der Waals surface area contributed by atoms with Crippen LogP contribution >= 0.6 is 15.9 Å². The first kappa shape index (κ1) is 13.5. The van der Waals surface area contributed by atoms with Crippen molar-refractivity contribution in [2.45, 2.75) is 13.5 Å². The zero-order valence-electron chi connectivity index (χ0n) is 10.6. The first-order chi connectivity index (χ1) is 9.10. The maximum absolute atomic E-state index is 11.1. The van der Waals surface area contributed by atoms with Crippen molar-refractivity contribution in [3.05, 3.63) is 40.1 Å². The van der Waals surface area contributed by atoms with Crippen molar-refractivity contribution in [2.24, 2.45) is 0 Å². The molecule has 0 aliphatic heterocycles. The number of hydrogen-bond donors (Lipinski definition) is 2. The average molecular weight is 324 g/mol. The zero-order chi connectivity index (χ0) is 13.8. The summed E-state index contributed by atoms with van der Waals surface area (Å²) in [6.07, 6.45) is 1.80. The van der Waals surface area contributed by atoms with E-state index in [1.807, 2.05) is 25.1 Å². The molecule has 0 bridgehead atoms. The Labute approximate surface area is 119 Å². The SMILES string of the molecule is CNC(=O)NCc1cn(-c2ccc(Br)cc2C)nn1. The van der Waals surface area contributed by atoms with Gasteiger partial charge < -0.3 is 10.6 Å². The Bertz CT molecular complexity index is 596. The Morgan fingerprint density at radius 2 is 2.26 bits per heavy atom. The van der Waals surface area contributed by atoms with Gasteiger partial charge in [-0.3, -0.25) is 0 Å². The van der Waals surface area contributed by atoms with Gasteiger partial charge in [0.1, 0.15) is 5.69 Å². The summed E-state index contributed by atoms with van der Waals surface area (Å²) in [4.78, 5) is 11.1. The van der Waals surface area contributed by atoms with Crippen LogP contribution in [0.15, 0.2) is 28.9 Å². The lowest BCUT2D eigenvalue weighted by Crippen LogP contribution is -2.32. The third kappa shape index (κ3) is 3.31. The molecule has 6 nitrogen and oxygen atoms in total. The number of nitrogens with zero attached hydrogens (tertiary/aromatic N) is 3. The number of hydrogen-bond acceptors (Lipinski definition) is 3. The second-order valence-corrected chi connectivity index (χ2v) is 4.93. The summed E-state index contributed by atoms with van der Waals surface area (Å²) >= 11 is 3.42. The minimum absolute atomic E-state index is 0.241. The maximum atomic E-state index is 11.1. The molecule has 0 atom stereocenters. The van der Waals surface area contributed by atoms with Crippen LogP contribution in [0.2, 0.25) is 0 Å². The van der Waals surface area contributed by atoms with E-state index in [2.05, 4.69) is 36.9 Å². The Morgan fingerprint density at radius 1 is 1.47 bits per heavy atom. The smallest absolute Gasteiger partial charge is 0.314 e. The van der Waals surface area contributed by atoms with Crippen LogP contribution in [-0.2, 0) is 6.54 Å². The molecule has 2 N–H and O–H groups in total. The van der Waals surface area contributed by atoms with Gasteiger partial charge in [-0.15, -0.1) is 5.10 Å². The van der Waals surface area contributed by atoms with Crippen LogP contribution in [0.1, 0.15) is 11.3 Å². The van der Waals surface area contributed by atoms with Gasteiger partial charge in [0.15, 0.2) is 0 Å². The molecule has 2 rings (SSSR count). The van der Waals surface area contributed by atoms with E-state index < -0.39 is 0 Å². The van der Waals surface area contributed by atoms with Crippen molar-refractivity contribution in [2.75, 3.05) is 7.05 Å². The quantitative estimate of drug-likeness (QED) is 0.904. The van der Waals surface area contributed by atoms with E-state index in [1.165, 1.54) is 0 Å². The number of rotatable bonds is 3. The van der Waals surface area contributed by atoms with Gasteiger partial charge in [0.25, 0.3) is 0 Å². The normalized spacial score (nSPS) is 10.3. The van der Waals surface area contributed by atoms with Crippen molar-refractivity contribution >= 4 is 22.0 Å². The number of halogens is 1. The highest BCUT2D eigenvalue weighted by molar-refractivity contribution is 9.10. The molecule has 0 radical (unpaired) electrons. The molecule has 0 aliphatic rings. The summed E-state index contributed by atoms with van der Waals surface area (Å²) in [5, 5.41) is 13.2. The first-order valence-corrected chi connectivity index (χ1v) is 6.53. The molecule has 0 fully saturated rings. The van der Waals surface area contributed by atoms with Crippen LogP contribution in [0.25, 0.3) is 5.69 Å². The lowest BCUT2D eigenvalue weighted by molar-refractivity contribution is 0.242. The van der Waals surface area contributed by atoms with Crippen LogP contribution in [-0.4, -0.2) is 28.1 Å². The number of urea groups is 1. The molecule has 0 unspecified atom stereocenters. The van der Waals surface area contributed by atoms with Gasteiger partial charge in [0, 0.05) is 11.5 Å². The maximum Gasteiger partial charge on any atom is 0.314 e. The van der Waals surface area contributed by atoms with Crippen molar-refractivity contribution in [1.29, 1.82) is 0 Å². The molecule has 0 saturated carbocycles. The lowest BCUT2D eigenvalue weighted by atomic mass is 10.2. The predicted molar refractivity (Wildman–Crippen MR) is 75.1 cm³/mol. The van der Waals surface area contributed by atoms with E-state index in [0.29, 0.717) is 12.2 Å². The van der Waals surface area contributed by atoms with Gasteiger partial charge in [0.2, 0.25) is 0 Å². The van der Waals surface area contributed by atoms with E-state index in [-0.39, 0.29) is 6.03 Å².